The summed E-state index contributed by atoms with van der Waals surface area (Å²) in [5.74, 6) is 1.82. The predicted octanol–water partition coefficient (Wildman–Crippen LogP) is 1.81. The third-order valence-electron chi connectivity index (χ3n) is 4.45. The van der Waals surface area contributed by atoms with Gasteiger partial charge in [0.1, 0.15) is 5.75 Å². The second-order valence-corrected chi connectivity index (χ2v) is 6.40. The van der Waals surface area contributed by atoms with Crippen molar-refractivity contribution >= 4 is 5.96 Å². The first-order valence-electron chi connectivity index (χ1n) is 9.08. The fraction of sp³-hybridized carbons (Fsp3) is 0.632. The first-order valence-corrected chi connectivity index (χ1v) is 9.08. The zero-order chi connectivity index (χ0) is 18.1. The Kier molecular flexibility index (Phi) is 8.01. The summed E-state index contributed by atoms with van der Waals surface area (Å²) in [4.78, 5) is 9.45. The van der Waals surface area contributed by atoms with E-state index < -0.39 is 0 Å². The van der Waals surface area contributed by atoms with Gasteiger partial charge in [0, 0.05) is 39.3 Å². The molecule has 1 fully saturated rings. The highest BCUT2D eigenvalue weighted by Crippen LogP contribution is 2.12. The molecule has 6 nitrogen and oxygen atoms in total. The Bertz CT molecular complexity index is 527. The van der Waals surface area contributed by atoms with Gasteiger partial charge in [0.05, 0.1) is 26.9 Å². The van der Waals surface area contributed by atoms with Gasteiger partial charge in [-0.1, -0.05) is 12.1 Å². The van der Waals surface area contributed by atoms with Crippen molar-refractivity contribution in [2.24, 2.45) is 4.99 Å². The predicted molar refractivity (Wildman–Crippen MR) is 102 cm³/mol. The van der Waals surface area contributed by atoms with Crippen molar-refractivity contribution in [3.8, 4) is 5.75 Å². The zero-order valence-corrected chi connectivity index (χ0v) is 16.0. The lowest BCUT2D eigenvalue weighted by molar-refractivity contribution is 0.0220. The van der Waals surface area contributed by atoms with Crippen LogP contribution in [-0.2, 0) is 11.3 Å². The highest BCUT2D eigenvalue weighted by molar-refractivity contribution is 5.79. The summed E-state index contributed by atoms with van der Waals surface area (Å²) in [6.07, 6.45) is 0. The summed E-state index contributed by atoms with van der Waals surface area (Å²) in [6.45, 7) is 10.4. The first-order chi connectivity index (χ1) is 12.1. The van der Waals surface area contributed by atoms with Crippen molar-refractivity contribution < 1.29 is 9.47 Å². The molecule has 140 valence electrons. The summed E-state index contributed by atoms with van der Waals surface area (Å²) in [5, 5.41) is 3.39. The lowest BCUT2D eigenvalue weighted by Gasteiger charge is -2.32. The summed E-state index contributed by atoms with van der Waals surface area (Å²) in [5.41, 5.74) is 1.23. The molecule has 25 heavy (non-hydrogen) atoms. The minimum Gasteiger partial charge on any atom is -0.497 e. The van der Waals surface area contributed by atoms with Crippen LogP contribution in [0, 0.1) is 0 Å². The van der Waals surface area contributed by atoms with Crippen molar-refractivity contribution in [3.63, 3.8) is 0 Å². The Morgan fingerprint density at radius 2 is 2.00 bits per heavy atom. The van der Waals surface area contributed by atoms with Gasteiger partial charge in [-0.25, -0.2) is 0 Å². The zero-order valence-electron chi connectivity index (χ0n) is 16.0. The van der Waals surface area contributed by atoms with E-state index >= 15 is 0 Å². The van der Waals surface area contributed by atoms with Gasteiger partial charge in [0.15, 0.2) is 5.96 Å². The van der Waals surface area contributed by atoms with Crippen molar-refractivity contribution in [1.29, 1.82) is 0 Å². The van der Waals surface area contributed by atoms with Gasteiger partial charge >= 0.3 is 0 Å². The molecule has 1 aliphatic rings. The molecular weight excluding hydrogens is 316 g/mol. The van der Waals surface area contributed by atoms with Gasteiger partial charge in [-0.15, -0.1) is 0 Å². The number of nitrogens with one attached hydrogen (secondary N) is 1. The van der Waals surface area contributed by atoms with E-state index in [4.69, 9.17) is 14.5 Å². The van der Waals surface area contributed by atoms with Gasteiger partial charge in [-0.05, 0) is 31.5 Å². The molecule has 1 aromatic rings. The fourth-order valence-corrected chi connectivity index (χ4v) is 2.90. The van der Waals surface area contributed by atoms with Crippen molar-refractivity contribution in [3.05, 3.63) is 29.8 Å². The topological polar surface area (TPSA) is 49.3 Å². The molecule has 6 heteroatoms. The summed E-state index contributed by atoms with van der Waals surface area (Å²) in [7, 11) is 3.76. The number of methoxy groups -OCH3 is 1. The van der Waals surface area contributed by atoms with Gasteiger partial charge in [-0.3, -0.25) is 9.89 Å². The van der Waals surface area contributed by atoms with Crippen molar-refractivity contribution in [1.82, 2.24) is 15.1 Å². The Morgan fingerprint density at radius 1 is 1.32 bits per heavy atom. The van der Waals surface area contributed by atoms with E-state index in [2.05, 4.69) is 48.1 Å². The normalized spacial score (nSPS) is 17.2. The van der Waals surface area contributed by atoms with E-state index in [-0.39, 0.29) is 0 Å². The number of guanidine groups is 1. The standard InChI is InChI=1S/C19H32N4O2/c1-5-20-19(21-14-16(2)23-10-12-25-13-11-23)22(3)15-17-6-8-18(24-4)9-7-17/h6-9,16H,5,10-15H2,1-4H3,(H,20,21). The minimum atomic E-state index is 0.423. The molecule has 0 saturated carbocycles. The van der Waals surface area contributed by atoms with E-state index in [0.29, 0.717) is 6.04 Å². The molecule has 2 rings (SSSR count). The van der Waals surface area contributed by atoms with E-state index in [9.17, 15) is 0 Å². The SMILES string of the molecule is CCNC(=NCC(C)N1CCOCC1)N(C)Cc1ccc(OC)cc1. The summed E-state index contributed by atoms with van der Waals surface area (Å²) < 4.78 is 10.6. The van der Waals surface area contributed by atoms with E-state index in [1.807, 2.05) is 12.1 Å². The van der Waals surface area contributed by atoms with Crippen LogP contribution in [-0.4, -0.2) is 75.4 Å². The van der Waals surface area contributed by atoms with Crippen LogP contribution in [0.4, 0.5) is 0 Å². The molecule has 1 unspecified atom stereocenters. The monoisotopic (exact) mass is 348 g/mol. The quantitative estimate of drug-likeness (QED) is 0.602. The fourth-order valence-electron chi connectivity index (χ4n) is 2.90. The second kappa shape index (κ2) is 10.3. The van der Waals surface area contributed by atoms with Crippen molar-refractivity contribution in [2.45, 2.75) is 26.4 Å². The molecular formula is C19H32N4O2. The third kappa shape index (κ3) is 6.21. The maximum atomic E-state index is 5.43. The lowest BCUT2D eigenvalue weighted by Crippen LogP contribution is -2.44. The maximum Gasteiger partial charge on any atom is 0.194 e. The molecule has 0 amide bonds. The maximum absolute atomic E-state index is 5.43. The van der Waals surface area contributed by atoms with Crippen LogP contribution in [0.25, 0.3) is 0 Å². The number of nitrogens with zero attached hydrogens (tertiary/aromatic N) is 3. The Labute approximate surface area is 151 Å². The Balaban J connectivity index is 1.94. The summed E-state index contributed by atoms with van der Waals surface area (Å²) in [6, 6.07) is 8.60. The molecule has 0 spiro atoms. The average Bonchev–Trinajstić information content (AvgIpc) is 2.66. The van der Waals surface area contributed by atoms with Gasteiger partial charge in [0.25, 0.3) is 0 Å². The van der Waals surface area contributed by atoms with Gasteiger partial charge in [-0.2, -0.15) is 0 Å². The molecule has 1 N–H and O–H groups in total. The largest absolute Gasteiger partial charge is 0.497 e. The molecule has 0 aromatic heterocycles. The smallest absolute Gasteiger partial charge is 0.194 e. The van der Waals surface area contributed by atoms with Crippen LogP contribution >= 0.6 is 0 Å². The first kappa shape index (κ1) is 19.5. The van der Waals surface area contributed by atoms with E-state index in [1.165, 1.54) is 5.56 Å². The van der Waals surface area contributed by atoms with Crippen LogP contribution in [0.2, 0.25) is 0 Å². The molecule has 1 saturated heterocycles. The number of aliphatic imine (C=N–C) groups is 1. The molecule has 0 aliphatic carbocycles. The van der Waals surface area contributed by atoms with E-state index in [0.717, 1.165) is 57.6 Å². The Hall–Kier alpha value is -1.79. The number of hydrogen-bond acceptors (Lipinski definition) is 4. The number of benzene rings is 1. The van der Waals surface area contributed by atoms with Crippen LogP contribution in [0.1, 0.15) is 19.4 Å². The van der Waals surface area contributed by atoms with Crippen LogP contribution in [0.3, 0.4) is 0 Å². The van der Waals surface area contributed by atoms with Crippen LogP contribution in [0.5, 0.6) is 5.75 Å². The minimum absolute atomic E-state index is 0.423. The average molecular weight is 348 g/mol. The molecule has 1 atom stereocenters. The molecule has 0 bridgehead atoms. The van der Waals surface area contributed by atoms with Gasteiger partial charge < -0.3 is 19.7 Å². The molecule has 1 aliphatic heterocycles. The third-order valence-corrected chi connectivity index (χ3v) is 4.45. The number of rotatable bonds is 7. The van der Waals surface area contributed by atoms with Crippen molar-refractivity contribution in [2.75, 3.05) is 53.6 Å². The lowest BCUT2D eigenvalue weighted by atomic mass is 10.2. The number of ether oxygens (including phenoxy) is 2. The highest BCUT2D eigenvalue weighted by Gasteiger charge is 2.17. The van der Waals surface area contributed by atoms with Crippen LogP contribution in [0.15, 0.2) is 29.3 Å². The Morgan fingerprint density at radius 3 is 2.60 bits per heavy atom. The van der Waals surface area contributed by atoms with Crippen LogP contribution < -0.4 is 10.1 Å². The highest BCUT2D eigenvalue weighted by atomic mass is 16.5. The molecule has 1 aromatic carbocycles. The number of hydrogen-bond donors (Lipinski definition) is 1. The van der Waals surface area contributed by atoms with E-state index in [1.54, 1.807) is 7.11 Å². The van der Waals surface area contributed by atoms with Gasteiger partial charge in [0.2, 0.25) is 0 Å². The summed E-state index contributed by atoms with van der Waals surface area (Å²) >= 11 is 0. The molecule has 1 heterocycles. The molecule has 0 radical (unpaired) electrons. The number of morpholine rings is 1. The second-order valence-electron chi connectivity index (χ2n) is 6.40.